The van der Waals surface area contributed by atoms with E-state index >= 15 is 0 Å². The van der Waals surface area contributed by atoms with Crippen LogP contribution in [-0.4, -0.2) is 45.3 Å². The predicted molar refractivity (Wildman–Crippen MR) is 136 cm³/mol. The lowest BCUT2D eigenvalue weighted by molar-refractivity contribution is 0.184. The van der Waals surface area contributed by atoms with Gasteiger partial charge in [-0.15, -0.1) is 35.3 Å². The zero-order valence-corrected chi connectivity index (χ0v) is 20.2. The fourth-order valence-corrected chi connectivity index (χ4v) is 4.02. The van der Waals surface area contributed by atoms with Crippen LogP contribution in [0.2, 0.25) is 0 Å². The van der Waals surface area contributed by atoms with Gasteiger partial charge in [0.05, 0.1) is 0 Å². The highest BCUT2D eigenvalue weighted by Crippen LogP contribution is 2.29. The molecule has 0 radical (unpaired) electrons. The number of aliphatic hydroxyl groups is 1. The molecule has 0 bridgehead atoms. The lowest BCUT2D eigenvalue weighted by Crippen LogP contribution is -2.40. The minimum Gasteiger partial charge on any atom is -0.386 e. The van der Waals surface area contributed by atoms with E-state index < -0.39 is 6.10 Å². The first-order valence-electron chi connectivity index (χ1n) is 9.44. The molecule has 7 heteroatoms. The van der Waals surface area contributed by atoms with Gasteiger partial charge in [-0.1, -0.05) is 30.3 Å². The summed E-state index contributed by atoms with van der Waals surface area (Å²) in [7, 11) is 5.83. The number of anilines is 1. The van der Waals surface area contributed by atoms with E-state index in [1.165, 1.54) is 21.3 Å². The van der Waals surface area contributed by atoms with Crippen LogP contribution in [0.1, 0.15) is 16.5 Å². The number of hydrogen-bond acceptors (Lipinski definition) is 4. The van der Waals surface area contributed by atoms with Crippen molar-refractivity contribution in [2.75, 3.05) is 39.1 Å². The molecule has 1 atom stereocenters. The highest BCUT2D eigenvalue weighted by atomic mass is 127. The normalized spacial score (nSPS) is 12.3. The molecular formula is C22H29IN4OS. The maximum absolute atomic E-state index is 10.5. The van der Waals surface area contributed by atoms with Gasteiger partial charge in [0, 0.05) is 49.5 Å². The van der Waals surface area contributed by atoms with Crippen LogP contribution >= 0.6 is 35.3 Å². The van der Waals surface area contributed by atoms with E-state index in [1.807, 2.05) is 26.2 Å². The van der Waals surface area contributed by atoms with Crippen LogP contribution in [-0.2, 0) is 6.42 Å². The van der Waals surface area contributed by atoms with Crippen LogP contribution in [0.15, 0.2) is 59.6 Å². The minimum atomic E-state index is -0.561. The SMILES string of the molecule is CN=C(NCCc1ccc(N(C)C)cc1)NCC(O)c1cc2ccccc2s1.I. The van der Waals surface area contributed by atoms with Crippen LogP contribution in [0.5, 0.6) is 0 Å². The van der Waals surface area contributed by atoms with Gasteiger partial charge in [-0.2, -0.15) is 0 Å². The third kappa shape index (κ3) is 6.58. The molecule has 0 aliphatic heterocycles. The number of halogens is 1. The molecule has 2 aromatic carbocycles. The van der Waals surface area contributed by atoms with Crippen molar-refractivity contribution in [1.82, 2.24) is 10.6 Å². The van der Waals surface area contributed by atoms with Crippen molar-refractivity contribution < 1.29 is 5.11 Å². The van der Waals surface area contributed by atoms with Crippen molar-refractivity contribution in [1.29, 1.82) is 0 Å². The van der Waals surface area contributed by atoms with Gasteiger partial charge in [0.1, 0.15) is 6.10 Å². The largest absolute Gasteiger partial charge is 0.386 e. The first-order valence-corrected chi connectivity index (χ1v) is 10.3. The first kappa shape index (κ1) is 23.4. The Hall–Kier alpha value is -1.84. The number of nitrogens with one attached hydrogen (secondary N) is 2. The monoisotopic (exact) mass is 524 g/mol. The van der Waals surface area contributed by atoms with Crippen LogP contribution in [0.25, 0.3) is 10.1 Å². The molecule has 0 saturated carbocycles. The van der Waals surface area contributed by atoms with Crippen molar-refractivity contribution in [2.45, 2.75) is 12.5 Å². The number of aliphatic imine (C=N–C) groups is 1. The second-order valence-electron chi connectivity index (χ2n) is 6.89. The van der Waals surface area contributed by atoms with E-state index in [9.17, 15) is 5.11 Å². The molecular weight excluding hydrogens is 495 g/mol. The smallest absolute Gasteiger partial charge is 0.191 e. The van der Waals surface area contributed by atoms with E-state index in [4.69, 9.17) is 0 Å². The summed E-state index contributed by atoms with van der Waals surface area (Å²) in [6, 6.07) is 18.8. The standard InChI is InChI=1S/C22H28N4OS.HI/c1-23-22(24-13-12-16-8-10-18(11-9-16)26(2)3)25-15-19(27)21-14-17-6-4-5-7-20(17)28-21;/h4-11,14,19,27H,12-13,15H2,1-3H3,(H2,23,24,25);1H. The number of nitrogens with zero attached hydrogens (tertiary/aromatic N) is 2. The Morgan fingerprint density at radius 1 is 1.10 bits per heavy atom. The summed E-state index contributed by atoms with van der Waals surface area (Å²) < 4.78 is 1.19. The molecule has 29 heavy (non-hydrogen) atoms. The summed E-state index contributed by atoms with van der Waals surface area (Å²) in [5, 5.41) is 18.2. The topological polar surface area (TPSA) is 59.9 Å². The predicted octanol–water partition coefficient (Wildman–Crippen LogP) is 4.03. The molecule has 156 valence electrons. The van der Waals surface area contributed by atoms with Crippen molar-refractivity contribution in [2.24, 2.45) is 4.99 Å². The summed E-state index contributed by atoms with van der Waals surface area (Å²) in [6.07, 6.45) is 0.349. The Labute approximate surface area is 193 Å². The molecule has 0 fully saturated rings. The Morgan fingerprint density at radius 3 is 2.48 bits per heavy atom. The third-order valence-electron chi connectivity index (χ3n) is 4.62. The average Bonchev–Trinajstić information content (AvgIpc) is 3.15. The Balaban J connectivity index is 0.00000300. The molecule has 3 N–H and O–H groups in total. The molecule has 0 amide bonds. The summed E-state index contributed by atoms with van der Waals surface area (Å²) in [5.41, 5.74) is 2.48. The van der Waals surface area contributed by atoms with Crippen LogP contribution in [0.3, 0.4) is 0 Å². The molecule has 1 heterocycles. The highest BCUT2D eigenvalue weighted by molar-refractivity contribution is 14.0. The zero-order valence-electron chi connectivity index (χ0n) is 17.1. The fraction of sp³-hybridized carbons (Fsp3) is 0.318. The Morgan fingerprint density at radius 2 is 1.83 bits per heavy atom. The van der Waals surface area contributed by atoms with Crippen molar-refractivity contribution in [3.63, 3.8) is 0 Å². The number of thiophene rings is 1. The Bertz CT molecular complexity index is 891. The molecule has 3 aromatic rings. The molecule has 0 aliphatic rings. The van der Waals surface area contributed by atoms with Gasteiger partial charge < -0.3 is 20.6 Å². The number of guanidine groups is 1. The molecule has 0 saturated heterocycles. The van der Waals surface area contributed by atoms with Gasteiger partial charge in [-0.25, -0.2) is 0 Å². The lowest BCUT2D eigenvalue weighted by Gasteiger charge is -2.15. The van der Waals surface area contributed by atoms with E-state index in [-0.39, 0.29) is 24.0 Å². The molecule has 5 nitrogen and oxygen atoms in total. The van der Waals surface area contributed by atoms with E-state index in [1.54, 1.807) is 18.4 Å². The molecule has 1 aromatic heterocycles. The molecule has 0 aliphatic carbocycles. The van der Waals surface area contributed by atoms with Gasteiger partial charge in [-0.3, -0.25) is 4.99 Å². The second-order valence-corrected chi connectivity index (χ2v) is 8.01. The summed E-state index contributed by atoms with van der Waals surface area (Å²) in [4.78, 5) is 7.30. The number of fused-ring (bicyclic) bond motifs is 1. The summed E-state index contributed by atoms with van der Waals surface area (Å²) in [5.74, 6) is 0.699. The van der Waals surface area contributed by atoms with Crippen LogP contribution in [0, 0.1) is 0 Å². The highest BCUT2D eigenvalue weighted by Gasteiger charge is 2.12. The van der Waals surface area contributed by atoms with Gasteiger partial charge in [0.25, 0.3) is 0 Å². The van der Waals surface area contributed by atoms with Gasteiger partial charge in [0.15, 0.2) is 5.96 Å². The van der Waals surface area contributed by atoms with Crippen molar-refractivity contribution in [3.05, 3.63) is 65.0 Å². The minimum absolute atomic E-state index is 0. The third-order valence-corrected chi connectivity index (χ3v) is 5.84. The van der Waals surface area contributed by atoms with E-state index in [2.05, 4.69) is 63.0 Å². The Kier molecular flexibility index (Phi) is 9.19. The van der Waals surface area contributed by atoms with Gasteiger partial charge >= 0.3 is 0 Å². The van der Waals surface area contributed by atoms with Gasteiger partial charge in [0.2, 0.25) is 0 Å². The maximum atomic E-state index is 10.5. The first-order chi connectivity index (χ1) is 13.6. The molecule has 3 rings (SSSR count). The molecule has 1 unspecified atom stereocenters. The van der Waals surface area contributed by atoms with Crippen LogP contribution in [0.4, 0.5) is 5.69 Å². The average molecular weight is 524 g/mol. The summed E-state index contributed by atoms with van der Waals surface area (Å²) in [6.45, 7) is 1.20. The summed E-state index contributed by atoms with van der Waals surface area (Å²) >= 11 is 1.63. The number of aliphatic hydroxyl groups excluding tert-OH is 1. The second kappa shape index (κ2) is 11.4. The van der Waals surface area contributed by atoms with Crippen LogP contribution < -0.4 is 15.5 Å². The molecule has 0 spiro atoms. The fourth-order valence-electron chi connectivity index (χ4n) is 2.97. The van der Waals surface area contributed by atoms with Crippen molar-refractivity contribution >= 4 is 57.0 Å². The van der Waals surface area contributed by atoms with E-state index in [0.717, 1.165) is 17.8 Å². The number of benzene rings is 2. The van der Waals surface area contributed by atoms with Gasteiger partial charge in [-0.05, 0) is 41.6 Å². The maximum Gasteiger partial charge on any atom is 0.191 e. The lowest BCUT2D eigenvalue weighted by atomic mass is 10.1. The van der Waals surface area contributed by atoms with E-state index in [0.29, 0.717) is 12.5 Å². The van der Waals surface area contributed by atoms with Crippen molar-refractivity contribution in [3.8, 4) is 0 Å². The quantitative estimate of drug-likeness (QED) is 0.248. The number of hydrogen-bond donors (Lipinski definition) is 3. The number of rotatable bonds is 7. The zero-order chi connectivity index (χ0) is 19.9.